The van der Waals surface area contributed by atoms with Gasteiger partial charge < -0.3 is 33.8 Å². The summed E-state index contributed by atoms with van der Waals surface area (Å²) in [5, 5.41) is 10.5. The Kier molecular flexibility index (Phi) is 56.0. The maximum absolute atomic E-state index is 13.0. The predicted octanol–water partition coefficient (Wildman–Crippen LogP) is 18.2. The molecule has 0 amide bonds. The zero-order chi connectivity index (χ0) is 63.8. The van der Waals surface area contributed by atoms with Gasteiger partial charge in [-0.15, -0.1) is 0 Å². The molecular formula is C67H126O17P2. The Hall–Kier alpha value is -2.46. The number of carbonyl (C=O) groups is 4. The highest BCUT2D eigenvalue weighted by molar-refractivity contribution is 7.47. The third kappa shape index (κ3) is 57.9. The van der Waals surface area contributed by atoms with Crippen LogP contribution in [-0.4, -0.2) is 96.7 Å². The lowest BCUT2D eigenvalue weighted by molar-refractivity contribution is -0.161. The highest BCUT2D eigenvalue weighted by Crippen LogP contribution is 2.45. The molecule has 7 atom stereocenters. The van der Waals surface area contributed by atoms with Gasteiger partial charge in [0.15, 0.2) is 12.2 Å². The van der Waals surface area contributed by atoms with Crippen LogP contribution in [0.5, 0.6) is 0 Å². The summed E-state index contributed by atoms with van der Waals surface area (Å²) in [4.78, 5) is 72.3. The number of phosphoric ester groups is 2. The van der Waals surface area contributed by atoms with Crippen LogP contribution in [0.1, 0.15) is 305 Å². The van der Waals surface area contributed by atoms with Crippen LogP contribution in [0.15, 0.2) is 24.3 Å². The van der Waals surface area contributed by atoms with Crippen molar-refractivity contribution in [1.82, 2.24) is 0 Å². The first-order valence-corrected chi connectivity index (χ1v) is 37.2. The number of hydrogen-bond acceptors (Lipinski definition) is 15. The van der Waals surface area contributed by atoms with Gasteiger partial charge in [0.1, 0.15) is 19.3 Å². The summed E-state index contributed by atoms with van der Waals surface area (Å²) in [7, 11) is -9.91. The summed E-state index contributed by atoms with van der Waals surface area (Å²) < 4.78 is 68.0. The van der Waals surface area contributed by atoms with Crippen molar-refractivity contribution in [3.63, 3.8) is 0 Å². The Morgan fingerprint density at radius 1 is 0.384 bits per heavy atom. The number of carbonyl (C=O) groups excluding carboxylic acids is 4. The van der Waals surface area contributed by atoms with Crippen LogP contribution in [0.3, 0.4) is 0 Å². The Morgan fingerprint density at radius 2 is 0.686 bits per heavy atom. The number of phosphoric acid groups is 2. The molecule has 0 radical (unpaired) electrons. The van der Waals surface area contributed by atoms with Crippen LogP contribution in [-0.2, 0) is 65.4 Å². The summed E-state index contributed by atoms with van der Waals surface area (Å²) in [6, 6.07) is 0. The number of hydrogen-bond donors (Lipinski definition) is 3. The highest BCUT2D eigenvalue weighted by atomic mass is 31.2. The average molecular weight is 1270 g/mol. The summed E-state index contributed by atoms with van der Waals surface area (Å²) in [5.74, 6) is -0.00525. The Morgan fingerprint density at radius 3 is 1.03 bits per heavy atom. The first-order chi connectivity index (χ1) is 41.3. The van der Waals surface area contributed by atoms with Crippen molar-refractivity contribution >= 4 is 39.5 Å². The van der Waals surface area contributed by atoms with E-state index in [9.17, 15) is 43.2 Å². The van der Waals surface area contributed by atoms with Crippen LogP contribution in [0, 0.1) is 17.8 Å². The molecule has 4 unspecified atom stereocenters. The van der Waals surface area contributed by atoms with Gasteiger partial charge in [0.25, 0.3) is 0 Å². The van der Waals surface area contributed by atoms with Gasteiger partial charge in [-0.3, -0.25) is 37.3 Å². The Labute approximate surface area is 522 Å². The highest BCUT2D eigenvalue weighted by Gasteiger charge is 2.30. The zero-order valence-electron chi connectivity index (χ0n) is 55.3. The van der Waals surface area contributed by atoms with E-state index in [0.29, 0.717) is 31.6 Å². The Bertz CT molecular complexity index is 1800. The van der Waals surface area contributed by atoms with Crippen molar-refractivity contribution < 1.29 is 80.2 Å². The maximum atomic E-state index is 13.0. The smallest absolute Gasteiger partial charge is 0.462 e. The monoisotopic (exact) mass is 1260 g/mol. The third-order valence-electron chi connectivity index (χ3n) is 15.5. The predicted molar refractivity (Wildman–Crippen MR) is 344 cm³/mol. The van der Waals surface area contributed by atoms with Crippen LogP contribution < -0.4 is 0 Å². The fourth-order valence-electron chi connectivity index (χ4n) is 9.41. The minimum absolute atomic E-state index is 0.0974. The second kappa shape index (κ2) is 57.7. The van der Waals surface area contributed by atoms with E-state index in [1.807, 2.05) is 0 Å². The molecule has 17 nitrogen and oxygen atoms in total. The number of aliphatic hydroxyl groups excluding tert-OH is 1. The molecule has 0 saturated heterocycles. The van der Waals surface area contributed by atoms with Gasteiger partial charge in [0, 0.05) is 25.7 Å². The van der Waals surface area contributed by atoms with E-state index in [1.165, 1.54) is 89.9 Å². The van der Waals surface area contributed by atoms with Gasteiger partial charge in [-0.25, -0.2) is 9.13 Å². The molecule has 0 spiro atoms. The number of ether oxygens (including phenoxy) is 4. The van der Waals surface area contributed by atoms with E-state index in [0.717, 1.165) is 127 Å². The van der Waals surface area contributed by atoms with Crippen LogP contribution in [0.2, 0.25) is 0 Å². The fraction of sp³-hybridized carbons (Fsp3) is 0.881. The molecule has 86 heavy (non-hydrogen) atoms. The molecule has 0 aliphatic rings. The van der Waals surface area contributed by atoms with Crippen molar-refractivity contribution in [1.29, 1.82) is 0 Å². The number of unbranched alkanes of at least 4 members (excludes halogenated alkanes) is 26. The third-order valence-corrected chi connectivity index (χ3v) is 17.4. The number of aliphatic hydroxyl groups is 1. The van der Waals surface area contributed by atoms with E-state index in [4.69, 9.17) is 37.0 Å². The summed E-state index contributed by atoms with van der Waals surface area (Å²) in [6.45, 7) is 11.6. The van der Waals surface area contributed by atoms with E-state index in [-0.39, 0.29) is 25.7 Å². The largest absolute Gasteiger partial charge is 0.472 e. The molecule has 0 aromatic rings. The Balaban J connectivity index is 5.28. The lowest BCUT2D eigenvalue weighted by Gasteiger charge is -2.21. The van der Waals surface area contributed by atoms with E-state index in [2.05, 4.69) is 72.8 Å². The summed E-state index contributed by atoms with van der Waals surface area (Å²) in [6.07, 6.45) is 42.7. The van der Waals surface area contributed by atoms with Crippen molar-refractivity contribution in [3.05, 3.63) is 24.3 Å². The molecule has 0 aromatic heterocycles. The average Bonchev–Trinajstić information content (AvgIpc) is 3.59. The molecule has 0 bridgehead atoms. The number of rotatable bonds is 63. The fourth-order valence-corrected chi connectivity index (χ4v) is 11.0. The van der Waals surface area contributed by atoms with Gasteiger partial charge in [0.05, 0.1) is 26.4 Å². The van der Waals surface area contributed by atoms with Crippen molar-refractivity contribution in [2.45, 2.75) is 324 Å². The van der Waals surface area contributed by atoms with Crippen LogP contribution in [0.4, 0.5) is 0 Å². The van der Waals surface area contributed by atoms with E-state index < -0.39 is 97.5 Å². The van der Waals surface area contributed by atoms with Gasteiger partial charge >= 0.3 is 39.5 Å². The topological polar surface area (TPSA) is 237 Å². The van der Waals surface area contributed by atoms with Crippen molar-refractivity contribution in [2.75, 3.05) is 39.6 Å². The number of esters is 4. The van der Waals surface area contributed by atoms with E-state index in [1.54, 1.807) is 0 Å². The second-order valence-electron chi connectivity index (χ2n) is 24.5. The van der Waals surface area contributed by atoms with Crippen molar-refractivity contribution in [2.24, 2.45) is 17.8 Å². The zero-order valence-corrected chi connectivity index (χ0v) is 57.0. The minimum Gasteiger partial charge on any atom is -0.462 e. The molecule has 0 saturated carbocycles. The quantitative estimate of drug-likeness (QED) is 0.0169. The van der Waals surface area contributed by atoms with E-state index >= 15 is 0 Å². The molecule has 0 rings (SSSR count). The molecule has 506 valence electrons. The molecule has 0 aliphatic heterocycles. The SMILES string of the molecule is CCCCCC/C=C\C=C/CCCCCCCC(=O)OC[C@H](COP(=O)(O)OC[C@@H](O)COP(=O)(O)OC[C@@H](COC(=O)CCCCCCCCC(C)C)OC(=O)CCCCCCCCC(C)CC)OC(=O)CCCCCCCCCCC(C)CC. The molecule has 19 heteroatoms. The maximum Gasteiger partial charge on any atom is 0.472 e. The second-order valence-corrected chi connectivity index (χ2v) is 27.4. The molecule has 0 heterocycles. The van der Waals surface area contributed by atoms with Gasteiger partial charge in [-0.2, -0.15) is 0 Å². The molecule has 0 aromatic carbocycles. The van der Waals surface area contributed by atoms with Crippen molar-refractivity contribution in [3.8, 4) is 0 Å². The molecule has 0 aliphatic carbocycles. The van der Waals surface area contributed by atoms with Gasteiger partial charge in [-0.1, -0.05) is 253 Å². The van der Waals surface area contributed by atoms with Gasteiger partial charge in [0.2, 0.25) is 0 Å². The summed E-state index contributed by atoms with van der Waals surface area (Å²) >= 11 is 0. The first-order valence-electron chi connectivity index (χ1n) is 34.2. The standard InChI is InChI=1S/C67H126O17P2/c1-8-11-12-13-14-15-16-17-18-19-20-21-25-34-41-48-64(69)77-54-62(83-66(71)50-43-36-26-23-22-24-32-39-46-59(6)9-2)56-81-85(73,74)79-52-61(68)53-80-86(75,76)82-57-63(55-78-65(70)49-42-35-29-27-31-38-45-58(4)5)84-67(72)51-44-37-30-28-33-40-47-60(7)10-3/h15-18,58-63,68H,8-14,19-57H2,1-7H3,(H,73,74)(H,75,76)/b16-15-,18-17-/t59?,60?,61-,62-,63-/m1/s1. The number of allylic oxidation sites excluding steroid dienone is 4. The molecular weight excluding hydrogens is 1140 g/mol. The molecule has 0 fully saturated rings. The van der Waals surface area contributed by atoms with Crippen LogP contribution in [0.25, 0.3) is 0 Å². The normalized spacial score (nSPS) is 15.1. The van der Waals surface area contributed by atoms with Gasteiger partial charge in [-0.05, 0) is 69.1 Å². The van der Waals surface area contributed by atoms with Crippen LogP contribution >= 0.6 is 15.6 Å². The lowest BCUT2D eigenvalue weighted by Crippen LogP contribution is -2.30. The molecule has 3 N–H and O–H groups in total. The summed E-state index contributed by atoms with van der Waals surface area (Å²) in [5.41, 5.74) is 0. The minimum atomic E-state index is -4.96. The first kappa shape index (κ1) is 83.5. The lowest BCUT2D eigenvalue weighted by atomic mass is 9.99.